The van der Waals surface area contributed by atoms with Gasteiger partial charge in [0, 0.05) is 30.4 Å². The van der Waals surface area contributed by atoms with Crippen molar-refractivity contribution in [3.8, 4) is 6.07 Å². The molecule has 0 aliphatic carbocycles. The summed E-state index contributed by atoms with van der Waals surface area (Å²) in [6.45, 7) is 3.47. The lowest BCUT2D eigenvalue weighted by molar-refractivity contribution is 0.102. The summed E-state index contributed by atoms with van der Waals surface area (Å²) in [6.07, 6.45) is 0. The summed E-state index contributed by atoms with van der Waals surface area (Å²) in [7, 11) is -0.811. The highest BCUT2D eigenvalue weighted by Crippen LogP contribution is 2.32. The van der Waals surface area contributed by atoms with Crippen LogP contribution in [0.2, 0.25) is 5.02 Å². The Hall–Kier alpha value is -3.18. The van der Waals surface area contributed by atoms with E-state index in [9.17, 15) is 18.5 Å². The van der Waals surface area contributed by atoms with E-state index in [-0.39, 0.29) is 10.5 Å². The van der Waals surface area contributed by atoms with Gasteiger partial charge in [0.15, 0.2) is 0 Å². The van der Waals surface area contributed by atoms with Gasteiger partial charge in [-0.2, -0.15) is 5.26 Å². The molecular formula is C25H24ClN3O3S. The van der Waals surface area contributed by atoms with Gasteiger partial charge in [-0.15, -0.1) is 0 Å². The molecule has 0 radical (unpaired) electrons. The van der Waals surface area contributed by atoms with Crippen molar-refractivity contribution >= 4 is 33.2 Å². The average Bonchev–Trinajstić information content (AvgIpc) is 2.77. The van der Waals surface area contributed by atoms with Gasteiger partial charge >= 0.3 is 0 Å². The number of aryl methyl sites for hydroxylation is 1. The number of carbonyl (C=O) groups excluding carboxylic acids is 1. The van der Waals surface area contributed by atoms with Gasteiger partial charge < -0.3 is 5.32 Å². The third-order valence-corrected chi connectivity index (χ3v) is 7.74. The van der Waals surface area contributed by atoms with Crippen LogP contribution in [0.15, 0.2) is 65.6 Å². The Bertz CT molecular complexity index is 1350. The van der Waals surface area contributed by atoms with Gasteiger partial charge in [0.2, 0.25) is 10.0 Å². The lowest BCUT2D eigenvalue weighted by Gasteiger charge is -2.17. The summed E-state index contributed by atoms with van der Waals surface area (Å²) in [5.74, 6) is -1.00. The zero-order valence-electron chi connectivity index (χ0n) is 18.8. The van der Waals surface area contributed by atoms with Crippen molar-refractivity contribution in [2.24, 2.45) is 0 Å². The van der Waals surface area contributed by atoms with Gasteiger partial charge in [-0.1, -0.05) is 48.0 Å². The Labute approximate surface area is 199 Å². The highest BCUT2D eigenvalue weighted by atomic mass is 35.5. The van der Waals surface area contributed by atoms with Crippen molar-refractivity contribution in [2.75, 3.05) is 19.4 Å². The van der Waals surface area contributed by atoms with Gasteiger partial charge in [-0.3, -0.25) is 4.79 Å². The maximum Gasteiger partial charge on any atom is 0.255 e. The molecule has 8 heteroatoms. The number of nitriles is 1. The second-order valence-corrected chi connectivity index (χ2v) is 10.4. The number of rotatable bonds is 6. The monoisotopic (exact) mass is 481 g/mol. The van der Waals surface area contributed by atoms with Gasteiger partial charge in [0.1, 0.15) is 0 Å². The second kappa shape index (κ2) is 9.75. The predicted molar refractivity (Wildman–Crippen MR) is 130 cm³/mol. The molecule has 0 spiro atoms. The minimum Gasteiger partial charge on any atom is -0.322 e. The lowest BCUT2D eigenvalue weighted by Crippen LogP contribution is -2.24. The van der Waals surface area contributed by atoms with Crippen LogP contribution < -0.4 is 5.32 Å². The van der Waals surface area contributed by atoms with Crippen LogP contribution in [-0.4, -0.2) is 32.7 Å². The number of nitrogens with zero attached hydrogens (tertiary/aromatic N) is 2. The quantitative estimate of drug-likeness (QED) is 0.529. The third-order valence-electron chi connectivity index (χ3n) is 5.47. The van der Waals surface area contributed by atoms with Gasteiger partial charge in [-0.05, 0) is 60.4 Å². The van der Waals surface area contributed by atoms with E-state index >= 15 is 0 Å². The number of carbonyl (C=O) groups is 1. The fourth-order valence-electron chi connectivity index (χ4n) is 3.43. The van der Waals surface area contributed by atoms with E-state index in [0.717, 1.165) is 9.87 Å². The van der Waals surface area contributed by atoms with Crippen molar-refractivity contribution in [3.63, 3.8) is 0 Å². The second-order valence-electron chi connectivity index (χ2n) is 7.87. The van der Waals surface area contributed by atoms with Crippen LogP contribution >= 0.6 is 11.6 Å². The number of hydrogen-bond donors (Lipinski definition) is 1. The number of halogens is 1. The SMILES string of the molecule is Cc1cc(C(=O)Nc2ccc(C(C#N)c3ccccc3)c(Cl)c2)cc(S(=O)(=O)N(C)C)c1C. The minimum atomic E-state index is -3.71. The largest absolute Gasteiger partial charge is 0.322 e. The average molecular weight is 482 g/mol. The van der Waals surface area contributed by atoms with Crippen molar-refractivity contribution in [1.82, 2.24) is 4.31 Å². The van der Waals surface area contributed by atoms with Crippen molar-refractivity contribution in [1.29, 1.82) is 5.26 Å². The molecule has 1 N–H and O–H groups in total. The first kappa shape index (κ1) is 24.5. The Morgan fingerprint density at radius 2 is 1.73 bits per heavy atom. The van der Waals surface area contributed by atoms with Crippen LogP contribution in [0, 0.1) is 25.2 Å². The van der Waals surface area contributed by atoms with Crippen LogP contribution in [0.3, 0.4) is 0 Å². The molecule has 0 aromatic heterocycles. The summed E-state index contributed by atoms with van der Waals surface area (Å²) >= 11 is 6.46. The molecule has 3 aromatic rings. The summed E-state index contributed by atoms with van der Waals surface area (Å²) in [6, 6.07) is 19.6. The maximum absolute atomic E-state index is 12.9. The van der Waals surface area contributed by atoms with E-state index in [4.69, 9.17) is 11.6 Å². The van der Waals surface area contributed by atoms with E-state index in [1.54, 1.807) is 38.1 Å². The van der Waals surface area contributed by atoms with E-state index in [0.29, 0.717) is 27.4 Å². The van der Waals surface area contributed by atoms with Crippen molar-refractivity contribution in [2.45, 2.75) is 24.7 Å². The number of hydrogen-bond acceptors (Lipinski definition) is 4. The summed E-state index contributed by atoms with van der Waals surface area (Å²) in [5, 5.41) is 12.8. The molecule has 0 bridgehead atoms. The fraction of sp³-hybridized carbons (Fsp3) is 0.200. The molecule has 3 aromatic carbocycles. The number of sulfonamides is 1. The van der Waals surface area contributed by atoms with Crippen molar-refractivity contribution in [3.05, 3.63) is 93.5 Å². The normalized spacial score (nSPS) is 12.3. The standard InChI is InChI=1S/C25H24ClN3O3S/c1-16-12-19(13-24(17(16)2)33(31,32)29(3)4)25(30)28-20-10-11-21(23(26)14-20)22(15-27)18-8-6-5-7-9-18/h5-14,22H,1-4H3,(H,28,30). The molecule has 0 saturated heterocycles. The van der Waals surface area contributed by atoms with E-state index in [2.05, 4.69) is 11.4 Å². The first-order valence-corrected chi connectivity index (χ1v) is 12.0. The summed E-state index contributed by atoms with van der Waals surface area (Å²) in [4.78, 5) is 13.0. The minimum absolute atomic E-state index is 0.0887. The molecule has 3 rings (SSSR count). The number of nitrogens with one attached hydrogen (secondary N) is 1. The van der Waals surface area contributed by atoms with E-state index in [1.807, 2.05) is 30.3 Å². The maximum atomic E-state index is 12.9. The van der Waals surface area contributed by atoms with E-state index in [1.165, 1.54) is 20.2 Å². The Morgan fingerprint density at radius 1 is 1.06 bits per heavy atom. The molecule has 1 atom stereocenters. The molecule has 0 aliphatic heterocycles. The molecule has 170 valence electrons. The molecule has 0 aliphatic rings. The Morgan fingerprint density at radius 3 is 2.30 bits per heavy atom. The lowest BCUT2D eigenvalue weighted by atomic mass is 9.92. The zero-order chi connectivity index (χ0) is 24.3. The van der Waals surface area contributed by atoms with Crippen LogP contribution in [0.25, 0.3) is 0 Å². The number of benzene rings is 3. The molecule has 1 amide bonds. The van der Waals surface area contributed by atoms with Crippen LogP contribution in [0.5, 0.6) is 0 Å². The highest BCUT2D eigenvalue weighted by molar-refractivity contribution is 7.89. The molecule has 0 fully saturated rings. The van der Waals surface area contributed by atoms with Crippen LogP contribution in [0.4, 0.5) is 5.69 Å². The van der Waals surface area contributed by atoms with Gasteiger partial charge in [0.05, 0.1) is 16.9 Å². The smallest absolute Gasteiger partial charge is 0.255 e. The third kappa shape index (κ3) is 5.09. The Kier molecular flexibility index (Phi) is 7.23. The zero-order valence-corrected chi connectivity index (χ0v) is 20.3. The molecule has 1 unspecified atom stereocenters. The predicted octanol–water partition coefficient (Wildman–Crippen LogP) is 5.11. The first-order chi connectivity index (χ1) is 15.6. The number of anilines is 1. The van der Waals surface area contributed by atoms with Gasteiger partial charge in [-0.25, -0.2) is 12.7 Å². The highest BCUT2D eigenvalue weighted by Gasteiger charge is 2.23. The molecular weight excluding hydrogens is 458 g/mol. The van der Waals surface area contributed by atoms with Crippen LogP contribution in [0.1, 0.15) is 38.5 Å². The van der Waals surface area contributed by atoms with Crippen molar-refractivity contribution < 1.29 is 13.2 Å². The molecule has 0 heterocycles. The molecule has 6 nitrogen and oxygen atoms in total. The summed E-state index contributed by atoms with van der Waals surface area (Å²) < 4.78 is 26.5. The molecule has 33 heavy (non-hydrogen) atoms. The first-order valence-electron chi connectivity index (χ1n) is 10.2. The summed E-state index contributed by atoms with van der Waals surface area (Å²) in [5.41, 5.74) is 3.40. The molecule has 0 saturated carbocycles. The van der Waals surface area contributed by atoms with Gasteiger partial charge in [0.25, 0.3) is 5.91 Å². The number of amides is 1. The Balaban J connectivity index is 1.91. The fourth-order valence-corrected chi connectivity index (χ4v) is 4.94. The topological polar surface area (TPSA) is 90.3 Å². The van der Waals surface area contributed by atoms with Crippen LogP contribution in [-0.2, 0) is 10.0 Å². The van der Waals surface area contributed by atoms with E-state index < -0.39 is 21.8 Å².